The van der Waals surface area contributed by atoms with E-state index in [9.17, 15) is 0 Å². The maximum atomic E-state index is 4.01. The van der Waals surface area contributed by atoms with Gasteiger partial charge in [0.1, 0.15) is 0 Å². The fourth-order valence-electron chi connectivity index (χ4n) is 4.73. The molecule has 17 heavy (non-hydrogen) atoms. The first-order chi connectivity index (χ1) is 8.04. The monoisotopic (exact) mass is 236 g/mol. The molecular weight excluding hydrogens is 208 g/mol. The van der Waals surface area contributed by atoms with Gasteiger partial charge < -0.3 is 10.6 Å². The zero-order valence-corrected chi connectivity index (χ0v) is 11.7. The summed E-state index contributed by atoms with van der Waals surface area (Å²) in [6, 6.07) is 1.55. The largest absolute Gasteiger partial charge is 0.317 e. The van der Waals surface area contributed by atoms with Crippen LogP contribution in [0.3, 0.4) is 0 Å². The van der Waals surface area contributed by atoms with E-state index in [1.165, 1.54) is 45.2 Å². The van der Waals surface area contributed by atoms with Gasteiger partial charge in [0.15, 0.2) is 0 Å². The van der Waals surface area contributed by atoms with Crippen LogP contribution in [0.2, 0.25) is 0 Å². The summed E-state index contributed by atoms with van der Waals surface area (Å²) in [7, 11) is 0. The maximum Gasteiger partial charge on any atom is 0.0131 e. The van der Waals surface area contributed by atoms with Crippen LogP contribution in [0.5, 0.6) is 0 Å². The van der Waals surface area contributed by atoms with Crippen LogP contribution in [-0.4, -0.2) is 25.2 Å². The van der Waals surface area contributed by atoms with Crippen molar-refractivity contribution in [2.75, 3.05) is 13.1 Å². The lowest BCUT2D eigenvalue weighted by molar-refractivity contribution is 0.112. The second kappa shape index (κ2) is 3.96. The van der Waals surface area contributed by atoms with E-state index < -0.39 is 0 Å². The van der Waals surface area contributed by atoms with Gasteiger partial charge >= 0.3 is 0 Å². The van der Waals surface area contributed by atoms with Crippen LogP contribution in [0.15, 0.2) is 0 Å². The van der Waals surface area contributed by atoms with Crippen LogP contribution < -0.4 is 10.6 Å². The SMILES string of the molecule is CC1(C)C2CCC1(C)C(NC1CCNCC1)C2. The summed E-state index contributed by atoms with van der Waals surface area (Å²) in [5, 5.41) is 7.46. The minimum Gasteiger partial charge on any atom is -0.317 e. The molecule has 2 nitrogen and oxygen atoms in total. The zero-order chi connectivity index (χ0) is 12.1. The fourth-order valence-corrected chi connectivity index (χ4v) is 4.73. The first kappa shape index (κ1) is 12.0. The molecule has 3 atom stereocenters. The highest BCUT2D eigenvalue weighted by molar-refractivity contribution is 5.13. The zero-order valence-electron chi connectivity index (χ0n) is 11.7. The Bertz CT molecular complexity index is 293. The Hall–Kier alpha value is -0.0800. The lowest BCUT2D eigenvalue weighted by Crippen LogP contribution is -2.51. The van der Waals surface area contributed by atoms with E-state index in [1.54, 1.807) is 0 Å². The van der Waals surface area contributed by atoms with Gasteiger partial charge in [-0.1, -0.05) is 20.8 Å². The van der Waals surface area contributed by atoms with Crippen LogP contribution >= 0.6 is 0 Å². The Morgan fingerprint density at radius 1 is 1.06 bits per heavy atom. The first-order valence-corrected chi connectivity index (χ1v) is 7.51. The van der Waals surface area contributed by atoms with Gasteiger partial charge in [0.05, 0.1) is 0 Å². The van der Waals surface area contributed by atoms with Gasteiger partial charge in [-0.15, -0.1) is 0 Å². The molecule has 0 aromatic heterocycles. The molecule has 3 rings (SSSR count). The number of piperidine rings is 1. The van der Waals surface area contributed by atoms with E-state index in [0.717, 1.165) is 18.0 Å². The van der Waals surface area contributed by atoms with Crippen molar-refractivity contribution in [1.82, 2.24) is 10.6 Å². The molecule has 3 unspecified atom stereocenters. The normalized spacial score (nSPS) is 45.4. The third-order valence-electron chi connectivity index (χ3n) is 6.57. The van der Waals surface area contributed by atoms with Crippen LogP contribution in [0, 0.1) is 16.7 Å². The number of fused-ring (bicyclic) bond motifs is 2. The van der Waals surface area contributed by atoms with Crippen LogP contribution in [-0.2, 0) is 0 Å². The Morgan fingerprint density at radius 2 is 1.76 bits per heavy atom. The van der Waals surface area contributed by atoms with E-state index in [2.05, 4.69) is 31.4 Å². The molecule has 2 heteroatoms. The molecule has 0 amide bonds. The third kappa shape index (κ3) is 1.67. The molecule has 0 spiro atoms. The molecule has 0 radical (unpaired) electrons. The molecule has 2 N–H and O–H groups in total. The summed E-state index contributed by atoms with van der Waals surface area (Å²) in [4.78, 5) is 0. The second-order valence-electron chi connectivity index (χ2n) is 7.35. The van der Waals surface area contributed by atoms with Crippen molar-refractivity contribution in [2.24, 2.45) is 16.7 Å². The average molecular weight is 236 g/mol. The molecule has 3 fully saturated rings. The molecule has 0 aromatic carbocycles. The summed E-state index contributed by atoms with van der Waals surface area (Å²) in [6.45, 7) is 9.96. The van der Waals surface area contributed by atoms with Gasteiger partial charge in [0.25, 0.3) is 0 Å². The molecule has 1 heterocycles. The molecule has 1 aliphatic heterocycles. The van der Waals surface area contributed by atoms with Crippen molar-refractivity contribution in [3.05, 3.63) is 0 Å². The molecule has 2 bridgehead atoms. The highest BCUT2D eigenvalue weighted by Gasteiger charge is 2.61. The fraction of sp³-hybridized carbons (Fsp3) is 1.00. The molecule has 3 aliphatic rings. The van der Waals surface area contributed by atoms with Crippen LogP contribution in [0.4, 0.5) is 0 Å². The molecule has 2 saturated carbocycles. The Kier molecular flexibility index (Phi) is 2.79. The van der Waals surface area contributed by atoms with Crippen LogP contribution in [0.1, 0.15) is 52.9 Å². The van der Waals surface area contributed by atoms with Crippen LogP contribution in [0.25, 0.3) is 0 Å². The summed E-state index contributed by atoms with van der Waals surface area (Å²) >= 11 is 0. The second-order valence-corrected chi connectivity index (χ2v) is 7.35. The van der Waals surface area contributed by atoms with Gasteiger partial charge in [0.2, 0.25) is 0 Å². The number of hydrogen-bond donors (Lipinski definition) is 2. The maximum absolute atomic E-state index is 4.01. The van der Waals surface area contributed by atoms with Crippen molar-refractivity contribution in [2.45, 2.75) is 65.0 Å². The third-order valence-corrected chi connectivity index (χ3v) is 6.57. The van der Waals surface area contributed by atoms with Crippen molar-refractivity contribution < 1.29 is 0 Å². The molecular formula is C15H28N2. The molecule has 98 valence electrons. The average Bonchev–Trinajstić information content (AvgIpc) is 2.63. The lowest BCUT2D eigenvalue weighted by Gasteiger charge is -2.41. The summed E-state index contributed by atoms with van der Waals surface area (Å²) in [6.07, 6.45) is 6.96. The van der Waals surface area contributed by atoms with Crippen molar-refractivity contribution in [3.63, 3.8) is 0 Å². The quantitative estimate of drug-likeness (QED) is 0.770. The van der Waals surface area contributed by atoms with E-state index in [-0.39, 0.29) is 0 Å². The van der Waals surface area contributed by atoms with E-state index >= 15 is 0 Å². The molecule has 2 aliphatic carbocycles. The first-order valence-electron chi connectivity index (χ1n) is 7.51. The Morgan fingerprint density at radius 3 is 2.29 bits per heavy atom. The topological polar surface area (TPSA) is 24.1 Å². The standard InChI is InChI=1S/C15H28N2/c1-14(2)11-4-7-15(14,3)13(10-11)17-12-5-8-16-9-6-12/h11-13,16-17H,4-10H2,1-3H3. The minimum atomic E-state index is 0.544. The van der Waals surface area contributed by atoms with Crippen molar-refractivity contribution >= 4 is 0 Å². The van der Waals surface area contributed by atoms with E-state index in [4.69, 9.17) is 0 Å². The van der Waals surface area contributed by atoms with Crippen molar-refractivity contribution in [1.29, 1.82) is 0 Å². The molecule has 0 aromatic rings. The molecule has 1 saturated heterocycles. The number of nitrogens with one attached hydrogen (secondary N) is 2. The Balaban J connectivity index is 1.69. The summed E-state index contributed by atoms with van der Waals surface area (Å²) in [5.41, 5.74) is 1.10. The lowest BCUT2D eigenvalue weighted by atomic mass is 9.69. The summed E-state index contributed by atoms with van der Waals surface area (Å²) in [5.74, 6) is 0.965. The highest BCUT2D eigenvalue weighted by atomic mass is 15.0. The van der Waals surface area contributed by atoms with Gasteiger partial charge in [-0.05, 0) is 61.9 Å². The number of rotatable bonds is 2. The highest BCUT2D eigenvalue weighted by Crippen LogP contribution is 2.65. The predicted molar refractivity (Wildman–Crippen MR) is 72.0 cm³/mol. The number of hydrogen-bond acceptors (Lipinski definition) is 2. The Labute approximate surface area is 106 Å². The van der Waals surface area contributed by atoms with Crippen molar-refractivity contribution in [3.8, 4) is 0 Å². The summed E-state index contributed by atoms with van der Waals surface area (Å²) < 4.78 is 0. The van der Waals surface area contributed by atoms with E-state index in [1.807, 2.05) is 0 Å². The predicted octanol–water partition coefficient (Wildman–Crippen LogP) is 2.54. The van der Waals surface area contributed by atoms with Gasteiger partial charge in [-0.25, -0.2) is 0 Å². The van der Waals surface area contributed by atoms with Gasteiger partial charge in [0, 0.05) is 12.1 Å². The van der Waals surface area contributed by atoms with Gasteiger partial charge in [-0.2, -0.15) is 0 Å². The van der Waals surface area contributed by atoms with Gasteiger partial charge in [-0.3, -0.25) is 0 Å². The smallest absolute Gasteiger partial charge is 0.0131 e. The minimum absolute atomic E-state index is 0.544. The van der Waals surface area contributed by atoms with E-state index in [0.29, 0.717) is 10.8 Å².